The van der Waals surface area contributed by atoms with E-state index in [1.54, 1.807) is 12.1 Å². The highest BCUT2D eigenvalue weighted by molar-refractivity contribution is 9.10. The molecule has 120 valence electrons. The number of furan rings is 1. The average Bonchev–Trinajstić information content (AvgIpc) is 3.02. The number of nitrogens with zero attached hydrogens (tertiary/aromatic N) is 1. The number of hydrogen-bond acceptors (Lipinski definition) is 3. The summed E-state index contributed by atoms with van der Waals surface area (Å²) in [6.45, 7) is 2.98. The molecule has 0 radical (unpaired) electrons. The molecule has 1 atom stereocenters. The molecule has 0 spiro atoms. The molecule has 1 aromatic heterocycles. The fraction of sp³-hybridized carbons (Fsp3) is 0.333. The van der Waals surface area contributed by atoms with E-state index in [-0.39, 0.29) is 22.4 Å². The van der Waals surface area contributed by atoms with Crippen LogP contribution < -0.4 is 5.32 Å². The monoisotopic (exact) mass is 392 g/mol. The maximum atomic E-state index is 14.5. The van der Waals surface area contributed by atoms with Crippen molar-refractivity contribution >= 4 is 28.3 Å². The molecule has 2 aromatic rings. The number of rotatable bonds is 3. The highest BCUT2D eigenvalue weighted by atomic mass is 79.9. The van der Waals surface area contributed by atoms with E-state index < -0.39 is 17.7 Å². The SMILES string of the molecule is Cl.Fc1ccc(Br)c(F)c1[C@@H](c1ccco1)N1CCNCC1. The quantitative estimate of drug-likeness (QED) is 0.806. The summed E-state index contributed by atoms with van der Waals surface area (Å²) in [7, 11) is 0. The van der Waals surface area contributed by atoms with E-state index in [4.69, 9.17) is 4.42 Å². The predicted molar refractivity (Wildman–Crippen MR) is 86.3 cm³/mol. The zero-order chi connectivity index (χ0) is 14.8. The van der Waals surface area contributed by atoms with Crippen LogP contribution in [0.15, 0.2) is 39.4 Å². The van der Waals surface area contributed by atoms with Gasteiger partial charge >= 0.3 is 0 Å². The first kappa shape index (κ1) is 17.4. The molecule has 1 aliphatic heterocycles. The fourth-order valence-corrected chi connectivity index (χ4v) is 3.03. The Bertz CT molecular complexity index is 618. The Balaban J connectivity index is 0.00000176. The van der Waals surface area contributed by atoms with Gasteiger partial charge in [0.25, 0.3) is 0 Å². The zero-order valence-corrected chi connectivity index (χ0v) is 14.1. The molecular formula is C15H16BrClF2N2O. The van der Waals surface area contributed by atoms with Gasteiger partial charge in [-0.3, -0.25) is 4.90 Å². The minimum Gasteiger partial charge on any atom is -0.467 e. The van der Waals surface area contributed by atoms with E-state index in [0.29, 0.717) is 18.8 Å². The summed E-state index contributed by atoms with van der Waals surface area (Å²) in [5, 5.41) is 3.24. The second kappa shape index (κ2) is 7.55. The lowest BCUT2D eigenvalue weighted by molar-refractivity contribution is 0.173. The van der Waals surface area contributed by atoms with Crippen LogP contribution in [0.5, 0.6) is 0 Å². The molecule has 1 fully saturated rings. The Kier molecular flexibility index (Phi) is 5.97. The van der Waals surface area contributed by atoms with Crippen LogP contribution in [0, 0.1) is 11.6 Å². The number of piperazine rings is 1. The number of halogens is 4. The van der Waals surface area contributed by atoms with Crippen LogP contribution in [0.2, 0.25) is 0 Å². The average molecular weight is 394 g/mol. The van der Waals surface area contributed by atoms with E-state index in [9.17, 15) is 8.78 Å². The molecule has 2 heterocycles. The van der Waals surface area contributed by atoms with Crippen LogP contribution in [0.3, 0.4) is 0 Å². The summed E-state index contributed by atoms with van der Waals surface area (Å²) >= 11 is 3.13. The Hall–Kier alpha value is -0.950. The predicted octanol–water partition coefficient (Wildman–Crippen LogP) is 3.74. The van der Waals surface area contributed by atoms with Gasteiger partial charge in [-0.2, -0.15) is 0 Å². The van der Waals surface area contributed by atoms with E-state index in [0.717, 1.165) is 13.1 Å². The third-order valence-corrected chi connectivity index (χ3v) is 4.29. The van der Waals surface area contributed by atoms with Gasteiger partial charge < -0.3 is 9.73 Å². The summed E-state index contributed by atoms with van der Waals surface area (Å²) in [6, 6.07) is 5.59. The van der Waals surface area contributed by atoms with E-state index in [1.165, 1.54) is 18.4 Å². The maximum absolute atomic E-state index is 14.5. The first-order chi connectivity index (χ1) is 10.2. The van der Waals surface area contributed by atoms with E-state index >= 15 is 0 Å². The molecule has 3 rings (SSSR count). The third-order valence-electron chi connectivity index (χ3n) is 3.68. The second-order valence-corrected chi connectivity index (χ2v) is 5.82. The minimum atomic E-state index is -0.574. The lowest BCUT2D eigenvalue weighted by Crippen LogP contribution is -2.45. The molecule has 1 saturated heterocycles. The molecule has 1 N–H and O–H groups in total. The van der Waals surface area contributed by atoms with Crippen LogP contribution >= 0.6 is 28.3 Å². The van der Waals surface area contributed by atoms with Crippen molar-refractivity contribution in [2.45, 2.75) is 6.04 Å². The van der Waals surface area contributed by atoms with E-state index in [1.807, 2.05) is 4.90 Å². The van der Waals surface area contributed by atoms with Gasteiger partial charge in [0.15, 0.2) is 0 Å². The van der Waals surface area contributed by atoms with Crippen LogP contribution in [0.1, 0.15) is 17.4 Å². The van der Waals surface area contributed by atoms with Crippen molar-refractivity contribution in [2.75, 3.05) is 26.2 Å². The van der Waals surface area contributed by atoms with Gasteiger partial charge in [0.2, 0.25) is 0 Å². The van der Waals surface area contributed by atoms with E-state index in [2.05, 4.69) is 21.2 Å². The van der Waals surface area contributed by atoms with Gasteiger partial charge in [-0.05, 0) is 40.2 Å². The van der Waals surface area contributed by atoms with Crippen LogP contribution in [-0.4, -0.2) is 31.1 Å². The largest absolute Gasteiger partial charge is 0.467 e. The van der Waals surface area contributed by atoms with Crippen molar-refractivity contribution in [3.8, 4) is 0 Å². The zero-order valence-electron chi connectivity index (χ0n) is 11.7. The molecule has 1 aliphatic rings. The number of hydrogen-bond donors (Lipinski definition) is 1. The van der Waals surface area contributed by atoms with Gasteiger partial charge in [-0.1, -0.05) is 0 Å². The maximum Gasteiger partial charge on any atom is 0.145 e. The van der Waals surface area contributed by atoms with Crippen molar-refractivity contribution in [1.82, 2.24) is 10.2 Å². The van der Waals surface area contributed by atoms with Crippen LogP contribution in [0.4, 0.5) is 8.78 Å². The topological polar surface area (TPSA) is 28.4 Å². The standard InChI is InChI=1S/C15H15BrF2N2O.ClH/c16-10-3-4-11(17)13(14(10)18)15(12-2-1-9-21-12)20-7-5-19-6-8-20;/h1-4,9,15,19H,5-8H2;1H/t15-;/m1./s1. The summed E-state index contributed by atoms with van der Waals surface area (Å²) in [4.78, 5) is 2.03. The third kappa shape index (κ3) is 3.35. The first-order valence-electron chi connectivity index (χ1n) is 6.80. The fourth-order valence-electron chi connectivity index (χ4n) is 2.69. The van der Waals surface area contributed by atoms with Crippen molar-refractivity contribution < 1.29 is 13.2 Å². The molecular weight excluding hydrogens is 378 g/mol. The summed E-state index contributed by atoms with van der Waals surface area (Å²) in [5.41, 5.74) is 0.0289. The summed E-state index contributed by atoms with van der Waals surface area (Å²) in [6.07, 6.45) is 1.53. The molecule has 3 nitrogen and oxygen atoms in total. The lowest BCUT2D eigenvalue weighted by Gasteiger charge is -2.34. The number of benzene rings is 1. The van der Waals surface area contributed by atoms with Crippen LogP contribution in [-0.2, 0) is 0 Å². The molecule has 1 aromatic carbocycles. The lowest BCUT2D eigenvalue weighted by atomic mass is 10.0. The van der Waals surface area contributed by atoms with Gasteiger partial charge in [0, 0.05) is 31.7 Å². The van der Waals surface area contributed by atoms with Crippen LogP contribution in [0.25, 0.3) is 0 Å². The highest BCUT2D eigenvalue weighted by Crippen LogP contribution is 2.35. The molecule has 0 saturated carbocycles. The van der Waals surface area contributed by atoms with Crippen molar-refractivity contribution in [1.29, 1.82) is 0 Å². The molecule has 0 amide bonds. The normalized spacial score (nSPS) is 17.0. The van der Waals surface area contributed by atoms with Gasteiger partial charge in [-0.15, -0.1) is 12.4 Å². The number of nitrogens with one attached hydrogen (secondary N) is 1. The van der Waals surface area contributed by atoms with Crippen molar-refractivity contribution in [3.63, 3.8) is 0 Å². The summed E-state index contributed by atoms with van der Waals surface area (Å²) < 4.78 is 34.5. The van der Waals surface area contributed by atoms with Gasteiger partial charge in [0.1, 0.15) is 17.4 Å². The Morgan fingerprint density at radius 2 is 1.91 bits per heavy atom. The first-order valence-corrected chi connectivity index (χ1v) is 7.59. The van der Waals surface area contributed by atoms with Gasteiger partial charge in [0.05, 0.1) is 16.8 Å². The Labute approximate surface area is 142 Å². The Morgan fingerprint density at radius 1 is 1.18 bits per heavy atom. The minimum absolute atomic E-state index is 0. The second-order valence-electron chi connectivity index (χ2n) is 4.96. The van der Waals surface area contributed by atoms with Crippen molar-refractivity contribution in [2.24, 2.45) is 0 Å². The Morgan fingerprint density at radius 3 is 2.55 bits per heavy atom. The van der Waals surface area contributed by atoms with Crippen molar-refractivity contribution in [3.05, 3.63) is 58.0 Å². The molecule has 0 bridgehead atoms. The molecule has 0 aliphatic carbocycles. The highest BCUT2D eigenvalue weighted by Gasteiger charge is 2.31. The molecule has 0 unspecified atom stereocenters. The smallest absolute Gasteiger partial charge is 0.145 e. The van der Waals surface area contributed by atoms with Gasteiger partial charge in [-0.25, -0.2) is 8.78 Å². The molecule has 22 heavy (non-hydrogen) atoms. The summed E-state index contributed by atoms with van der Waals surface area (Å²) in [5.74, 6) is -0.585. The molecule has 7 heteroatoms.